The molecule has 3 heteroatoms. The van der Waals surface area contributed by atoms with Crippen LogP contribution in [0.3, 0.4) is 0 Å². The molecule has 0 aliphatic rings. The number of rotatable bonds is 11. The first-order chi connectivity index (χ1) is 36.1. The van der Waals surface area contributed by atoms with E-state index < -0.39 is 0 Å². The van der Waals surface area contributed by atoms with Crippen LogP contribution < -0.4 is 14.2 Å². The number of hydrogen-bond acceptors (Lipinski definition) is 3. The molecule has 10 rings (SSSR count). The van der Waals surface area contributed by atoms with E-state index >= 15 is 0 Å². The minimum Gasteiger partial charge on any atom is -0.457 e. The fraction of sp³-hybridized carbons (Fsp3) is 0.167. The molecular formula is C72H72O3. The van der Waals surface area contributed by atoms with E-state index in [2.05, 4.69) is 215 Å². The van der Waals surface area contributed by atoms with E-state index in [1.165, 1.54) is 77.9 Å². The lowest BCUT2D eigenvalue weighted by atomic mass is 9.78. The fourth-order valence-corrected chi connectivity index (χ4v) is 8.70. The van der Waals surface area contributed by atoms with Gasteiger partial charge in [0.2, 0.25) is 0 Å². The van der Waals surface area contributed by atoms with Crippen molar-refractivity contribution in [3.8, 4) is 45.6 Å². The van der Waals surface area contributed by atoms with Crippen molar-refractivity contribution in [2.24, 2.45) is 0 Å². The molecule has 0 aromatic heterocycles. The summed E-state index contributed by atoms with van der Waals surface area (Å²) < 4.78 is 17.7. The molecule has 0 unspecified atom stereocenters. The van der Waals surface area contributed by atoms with E-state index in [0.717, 1.165) is 40.9 Å². The Balaban J connectivity index is 0.000000157. The lowest BCUT2D eigenvalue weighted by Crippen LogP contribution is -2.18. The Morgan fingerprint density at radius 3 is 0.787 bits per heavy atom. The molecule has 10 aromatic rings. The van der Waals surface area contributed by atoms with Gasteiger partial charge in [0.05, 0.1) is 0 Å². The van der Waals surface area contributed by atoms with Crippen molar-refractivity contribution >= 4 is 0 Å². The Morgan fingerprint density at radius 1 is 0.253 bits per heavy atom. The van der Waals surface area contributed by atoms with Gasteiger partial charge in [-0.2, -0.15) is 0 Å². The average Bonchev–Trinajstić information content (AvgIpc) is 3.38. The lowest BCUT2D eigenvalue weighted by molar-refractivity contribution is 0.480. The maximum atomic E-state index is 6.00. The van der Waals surface area contributed by atoms with Crippen LogP contribution in [0.15, 0.2) is 243 Å². The molecule has 0 aliphatic carbocycles. The van der Waals surface area contributed by atoms with Gasteiger partial charge in [0, 0.05) is 5.41 Å². The van der Waals surface area contributed by atoms with Gasteiger partial charge in [-0.25, -0.2) is 0 Å². The second-order valence-electron chi connectivity index (χ2n) is 20.1. The summed E-state index contributed by atoms with van der Waals surface area (Å²) in [4.78, 5) is 0. The van der Waals surface area contributed by atoms with Crippen LogP contribution in [0.1, 0.15) is 80.6 Å². The minimum atomic E-state index is -0.135. The molecule has 3 nitrogen and oxygen atoms in total. The highest BCUT2D eigenvalue weighted by molar-refractivity contribution is 5.64. The molecule has 0 fully saturated rings. The summed E-state index contributed by atoms with van der Waals surface area (Å²) in [6.45, 7) is 21.2. The van der Waals surface area contributed by atoms with Gasteiger partial charge < -0.3 is 14.2 Å². The first kappa shape index (κ1) is 54.4. The van der Waals surface area contributed by atoms with Crippen LogP contribution in [-0.2, 0) is 11.8 Å². The summed E-state index contributed by atoms with van der Waals surface area (Å²) in [5, 5.41) is 0. The zero-order chi connectivity index (χ0) is 53.2. The molecule has 0 bridgehead atoms. The molecule has 0 N–H and O–H groups in total. The molecule has 10 aromatic carbocycles. The van der Waals surface area contributed by atoms with Crippen molar-refractivity contribution in [1.29, 1.82) is 0 Å². The first-order valence-electron chi connectivity index (χ1n) is 25.9. The molecule has 0 radical (unpaired) electrons. The normalized spacial score (nSPS) is 10.6. The van der Waals surface area contributed by atoms with E-state index in [0.29, 0.717) is 0 Å². The quantitative estimate of drug-likeness (QED) is 0.129. The van der Waals surface area contributed by atoms with Crippen LogP contribution in [0.2, 0.25) is 0 Å². The van der Waals surface area contributed by atoms with Crippen molar-refractivity contribution in [2.75, 3.05) is 0 Å². The third kappa shape index (κ3) is 17.4. The van der Waals surface area contributed by atoms with E-state index in [1.54, 1.807) is 0 Å². The second-order valence-corrected chi connectivity index (χ2v) is 20.1. The van der Waals surface area contributed by atoms with Crippen LogP contribution in [0.4, 0.5) is 0 Å². The Kier molecular flexibility index (Phi) is 19.2. The zero-order valence-electron chi connectivity index (χ0n) is 45.5. The van der Waals surface area contributed by atoms with E-state index in [4.69, 9.17) is 14.2 Å². The summed E-state index contributed by atoms with van der Waals surface area (Å²) in [5.74, 6) is 5.17. The summed E-state index contributed by atoms with van der Waals surface area (Å²) >= 11 is 0. The lowest BCUT2D eigenvalue weighted by Gasteiger charge is -2.26. The Hall–Kier alpha value is -8.40. The van der Waals surface area contributed by atoms with Crippen molar-refractivity contribution in [1.82, 2.24) is 0 Å². The molecule has 0 heterocycles. The van der Waals surface area contributed by atoms with Gasteiger partial charge in [-0.15, -0.1) is 0 Å². The monoisotopic (exact) mass is 985 g/mol. The average molecular weight is 985 g/mol. The Labute approximate surface area is 448 Å². The highest BCUT2D eigenvalue weighted by Crippen LogP contribution is 2.35. The standard InChI is InChI=1S/C29H28O2.C15H16.C14H14O.C14H14/c1-21-7-5-9-27(19-21)30-25-15-11-23(12-16-25)29(3,4)24-13-17-26(18-14-24)31-28-10-6-8-22(2)20-28;1-12-5-3-7-14(9-12)11-15-8-4-6-13(2)10-15;1-11-5-3-7-13(9-11)15-14-8-4-6-12(2)10-14;1-11-5-3-7-13(9-11)14-8-4-6-12(2)10-14/h5-20H,1-4H3;3-10H,11H2,1-2H3;3-10H,1-2H3;3-10H,1-2H3. The summed E-state index contributed by atoms with van der Waals surface area (Å²) in [6, 6.07) is 83.6. The predicted octanol–water partition coefficient (Wildman–Crippen LogP) is 20.2. The van der Waals surface area contributed by atoms with E-state index in [9.17, 15) is 0 Å². The first-order valence-corrected chi connectivity index (χ1v) is 25.9. The SMILES string of the molecule is Cc1cccc(-c2cccc(C)c2)c1.Cc1cccc(Cc2cccc(C)c2)c1.Cc1cccc(Oc2ccc(C(C)(C)c3ccc(Oc4cccc(C)c4)cc3)cc2)c1.Cc1cccc(Oc2cccc(C)c2)c1. The van der Waals surface area contributed by atoms with Crippen LogP contribution in [0.5, 0.6) is 34.5 Å². The van der Waals surface area contributed by atoms with Gasteiger partial charge in [-0.05, 0) is 190 Å². The molecule has 75 heavy (non-hydrogen) atoms. The third-order valence-electron chi connectivity index (χ3n) is 12.8. The van der Waals surface area contributed by atoms with E-state index in [-0.39, 0.29) is 5.41 Å². The van der Waals surface area contributed by atoms with Gasteiger partial charge in [0.1, 0.15) is 34.5 Å². The van der Waals surface area contributed by atoms with E-state index in [1.807, 2.05) is 97.1 Å². The van der Waals surface area contributed by atoms with Crippen LogP contribution in [0, 0.1) is 55.4 Å². The summed E-state index contributed by atoms with van der Waals surface area (Å²) in [5.41, 5.74) is 17.8. The summed E-state index contributed by atoms with van der Waals surface area (Å²) in [6.07, 6.45) is 1.03. The highest BCUT2D eigenvalue weighted by atomic mass is 16.5. The number of benzene rings is 10. The topological polar surface area (TPSA) is 27.7 Å². The van der Waals surface area contributed by atoms with Gasteiger partial charge >= 0.3 is 0 Å². The molecule has 0 amide bonds. The number of aryl methyl sites for hydroxylation is 8. The fourth-order valence-electron chi connectivity index (χ4n) is 8.70. The van der Waals surface area contributed by atoms with Crippen LogP contribution in [0.25, 0.3) is 11.1 Å². The molecule has 0 atom stereocenters. The predicted molar refractivity (Wildman–Crippen MR) is 316 cm³/mol. The Morgan fingerprint density at radius 2 is 0.507 bits per heavy atom. The molecular weight excluding hydrogens is 913 g/mol. The van der Waals surface area contributed by atoms with Crippen molar-refractivity contribution in [3.05, 3.63) is 309 Å². The number of ether oxygens (including phenoxy) is 3. The maximum absolute atomic E-state index is 6.00. The van der Waals surface area contributed by atoms with Crippen molar-refractivity contribution < 1.29 is 14.2 Å². The maximum Gasteiger partial charge on any atom is 0.127 e. The zero-order valence-corrected chi connectivity index (χ0v) is 45.5. The highest BCUT2D eigenvalue weighted by Gasteiger charge is 2.23. The molecule has 0 aliphatic heterocycles. The van der Waals surface area contributed by atoms with Gasteiger partial charge in [-0.3, -0.25) is 0 Å². The molecule has 378 valence electrons. The molecule has 0 saturated heterocycles. The van der Waals surface area contributed by atoms with Gasteiger partial charge in [-0.1, -0.05) is 206 Å². The smallest absolute Gasteiger partial charge is 0.127 e. The van der Waals surface area contributed by atoms with Crippen LogP contribution in [-0.4, -0.2) is 0 Å². The minimum absolute atomic E-state index is 0.135. The van der Waals surface area contributed by atoms with Gasteiger partial charge in [0.25, 0.3) is 0 Å². The second kappa shape index (κ2) is 26.5. The van der Waals surface area contributed by atoms with Gasteiger partial charge in [0.15, 0.2) is 0 Å². The van der Waals surface area contributed by atoms with Crippen molar-refractivity contribution in [2.45, 2.75) is 81.1 Å². The largest absolute Gasteiger partial charge is 0.457 e. The Bertz CT molecular complexity index is 3070. The third-order valence-corrected chi connectivity index (χ3v) is 12.8. The summed E-state index contributed by atoms with van der Waals surface area (Å²) in [7, 11) is 0. The molecule has 0 spiro atoms. The molecule has 0 saturated carbocycles. The van der Waals surface area contributed by atoms with Crippen molar-refractivity contribution in [3.63, 3.8) is 0 Å². The van der Waals surface area contributed by atoms with Crippen LogP contribution >= 0.6 is 0 Å². The number of hydrogen-bond donors (Lipinski definition) is 0.